The number of carbonyl (C=O) groups is 1. The first-order valence-corrected chi connectivity index (χ1v) is 8.14. The van der Waals surface area contributed by atoms with Crippen LogP contribution in [0.25, 0.3) is 0 Å². The summed E-state index contributed by atoms with van der Waals surface area (Å²) in [6.07, 6.45) is 3.50. The molecule has 1 heterocycles. The van der Waals surface area contributed by atoms with Gasteiger partial charge in [0.2, 0.25) is 10.0 Å². The zero-order chi connectivity index (χ0) is 15.1. The number of sulfonamides is 1. The van der Waals surface area contributed by atoms with Gasteiger partial charge in [-0.2, -0.15) is 4.31 Å². The van der Waals surface area contributed by atoms with Crippen LogP contribution in [0.3, 0.4) is 0 Å². The molecule has 20 heavy (non-hydrogen) atoms. The van der Waals surface area contributed by atoms with E-state index >= 15 is 0 Å². The monoisotopic (exact) mass is 300 g/mol. The summed E-state index contributed by atoms with van der Waals surface area (Å²) in [5.41, 5.74) is -0.00134. The number of aryl methyl sites for hydroxylation is 1. The molecule has 1 aliphatic rings. The summed E-state index contributed by atoms with van der Waals surface area (Å²) in [5.74, 6) is -0.701. The molecule has 0 bridgehead atoms. The van der Waals surface area contributed by atoms with Crippen molar-refractivity contribution in [1.29, 1.82) is 0 Å². The van der Waals surface area contributed by atoms with Crippen LogP contribution in [0, 0.1) is 5.92 Å². The molecule has 0 radical (unpaired) electrons. The Labute approximate surface area is 119 Å². The molecule has 1 atom stereocenters. The maximum atomic E-state index is 12.5. The van der Waals surface area contributed by atoms with Gasteiger partial charge < -0.3 is 9.67 Å². The molecular weight excluding hydrogens is 280 g/mol. The third-order valence-corrected chi connectivity index (χ3v) is 5.90. The van der Waals surface area contributed by atoms with Crippen molar-refractivity contribution in [3.8, 4) is 0 Å². The Morgan fingerprint density at radius 3 is 2.55 bits per heavy atom. The molecule has 1 aromatic rings. The average Bonchev–Trinajstić information content (AvgIpc) is 3.14. The van der Waals surface area contributed by atoms with E-state index in [4.69, 9.17) is 5.11 Å². The molecule has 0 saturated heterocycles. The van der Waals surface area contributed by atoms with Crippen LogP contribution in [0.15, 0.2) is 17.2 Å². The Morgan fingerprint density at radius 2 is 2.15 bits per heavy atom. The molecule has 112 valence electrons. The van der Waals surface area contributed by atoms with E-state index in [1.807, 2.05) is 6.92 Å². The second-order valence-corrected chi connectivity index (χ2v) is 7.25. The minimum absolute atomic E-state index is 0.00134. The second kappa shape index (κ2) is 5.21. The van der Waals surface area contributed by atoms with Crippen molar-refractivity contribution < 1.29 is 18.3 Å². The molecule has 1 unspecified atom stereocenters. The molecule has 1 aliphatic carbocycles. The van der Waals surface area contributed by atoms with E-state index < -0.39 is 16.0 Å². The first kappa shape index (κ1) is 15.1. The number of aromatic nitrogens is 1. The van der Waals surface area contributed by atoms with Crippen molar-refractivity contribution in [2.24, 2.45) is 5.92 Å². The van der Waals surface area contributed by atoms with Crippen LogP contribution >= 0.6 is 0 Å². The smallest absolute Gasteiger partial charge is 0.352 e. The lowest BCUT2D eigenvalue weighted by Crippen LogP contribution is -2.36. The van der Waals surface area contributed by atoms with Crippen molar-refractivity contribution >= 4 is 16.0 Å². The highest BCUT2D eigenvalue weighted by atomic mass is 32.2. The van der Waals surface area contributed by atoms with Gasteiger partial charge in [0.05, 0.1) is 0 Å². The first-order valence-electron chi connectivity index (χ1n) is 6.70. The van der Waals surface area contributed by atoms with E-state index in [2.05, 4.69) is 0 Å². The number of hydrogen-bond donors (Lipinski definition) is 1. The molecule has 1 N–H and O–H groups in total. The highest BCUT2D eigenvalue weighted by Gasteiger charge is 2.36. The number of carboxylic acids is 1. The van der Waals surface area contributed by atoms with Crippen LogP contribution in [-0.2, 0) is 16.6 Å². The van der Waals surface area contributed by atoms with Crippen molar-refractivity contribution in [3.63, 3.8) is 0 Å². The van der Waals surface area contributed by atoms with Gasteiger partial charge in [-0.15, -0.1) is 0 Å². The van der Waals surface area contributed by atoms with E-state index in [9.17, 15) is 13.2 Å². The summed E-state index contributed by atoms with van der Waals surface area (Å²) in [5, 5.41) is 9.09. The third-order valence-electron chi connectivity index (χ3n) is 3.99. The summed E-state index contributed by atoms with van der Waals surface area (Å²) in [6.45, 7) is 4.09. The minimum Gasteiger partial charge on any atom is -0.477 e. The lowest BCUT2D eigenvalue weighted by molar-refractivity contribution is 0.0685. The van der Waals surface area contributed by atoms with Gasteiger partial charge in [0.1, 0.15) is 10.6 Å². The predicted octanol–water partition coefficient (Wildman–Crippen LogP) is 1.63. The molecule has 7 heteroatoms. The highest BCUT2D eigenvalue weighted by molar-refractivity contribution is 7.89. The molecule has 2 rings (SSSR count). The van der Waals surface area contributed by atoms with Crippen molar-refractivity contribution in [2.75, 3.05) is 7.05 Å². The average molecular weight is 300 g/mol. The van der Waals surface area contributed by atoms with Crippen LogP contribution < -0.4 is 0 Å². The lowest BCUT2D eigenvalue weighted by Gasteiger charge is -2.23. The van der Waals surface area contributed by atoms with Crippen molar-refractivity contribution in [2.45, 2.75) is 44.2 Å². The number of aromatic carboxylic acids is 1. The van der Waals surface area contributed by atoms with Gasteiger partial charge in [-0.05, 0) is 38.7 Å². The zero-order valence-corrected chi connectivity index (χ0v) is 12.7. The van der Waals surface area contributed by atoms with Crippen LogP contribution in [0.4, 0.5) is 0 Å². The number of hydrogen-bond acceptors (Lipinski definition) is 3. The fourth-order valence-corrected chi connectivity index (χ4v) is 3.79. The molecule has 1 saturated carbocycles. The van der Waals surface area contributed by atoms with Crippen LogP contribution in [0.5, 0.6) is 0 Å². The number of rotatable bonds is 6. The van der Waals surface area contributed by atoms with Gasteiger partial charge in [-0.25, -0.2) is 13.2 Å². The van der Waals surface area contributed by atoms with Crippen molar-refractivity contribution in [1.82, 2.24) is 8.87 Å². The van der Waals surface area contributed by atoms with Crippen LogP contribution in [-0.4, -0.2) is 41.5 Å². The third kappa shape index (κ3) is 2.60. The van der Waals surface area contributed by atoms with Crippen LogP contribution in [0.2, 0.25) is 0 Å². The highest BCUT2D eigenvalue weighted by Crippen LogP contribution is 2.36. The molecule has 1 aromatic heterocycles. The Kier molecular flexibility index (Phi) is 3.93. The number of nitrogens with zero attached hydrogens (tertiary/aromatic N) is 2. The van der Waals surface area contributed by atoms with E-state index in [0.29, 0.717) is 12.5 Å². The van der Waals surface area contributed by atoms with E-state index in [1.54, 1.807) is 14.0 Å². The maximum Gasteiger partial charge on any atom is 0.352 e. The van der Waals surface area contributed by atoms with E-state index in [0.717, 1.165) is 12.8 Å². The molecule has 0 aromatic carbocycles. The standard InChI is InChI=1S/C13H20N2O4S/c1-4-15-8-11(7-12(15)13(16)17)20(18,19)14(3)9(2)10-5-6-10/h7-10H,4-6H2,1-3H3,(H,16,17). The summed E-state index contributed by atoms with van der Waals surface area (Å²) in [7, 11) is -2.08. The quantitative estimate of drug-likeness (QED) is 0.866. The Bertz CT molecular complexity index is 616. The fourth-order valence-electron chi connectivity index (χ4n) is 2.33. The Balaban J connectivity index is 2.36. The summed E-state index contributed by atoms with van der Waals surface area (Å²) < 4.78 is 27.8. The Hall–Kier alpha value is -1.34. The van der Waals surface area contributed by atoms with E-state index in [1.165, 1.54) is 21.1 Å². The molecule has 0 amide bonds. The summed E-state index contributed by atoms with van der Waals surface area (Å²) in [4.78, 5) is 11.2. The van der Waals surface area contributed by atoms with Gasteiger partial charge in [0, 0.05) is 25.8 Å². The topological polar surface area (TPSA) is 79.6 Å². The molecule has 1 fully saturated rings. The Morgan fingerprint density at radius 1 is 1.55 bits per heavy atom. The molecule has 0 spiro atoms. The summed E-state index contributed by atoms with van der Waals surface area (Å²) in [6, 6.07) is 1.18. The van der Waals surface area contributed by atoms with Gasteiger partial charge >= 0.3 is 5.97 Å². The van der Waals surface area contributed by atoms with Gasteiger partial charge in [0.25, 0.3) is 0 Å². The second-order valence-electron chi connectivity index (χ2n) is 5.25. The van der Waals surface area contributed by atoms with Gasteiger partial charge in [-0.3, -0.25) is 0 Å². The largest absolute Gasteiger partial charge is 0.477 e. The van der Waals surface area contributed by atoms with Crippen molar-refractivity contribution in [3.05, 3.63) is 18.0 Å². The predicted molar refractivity (Wildman–Crippen MR) is 74.2 cm³/mol. The minimum atomic E-state index is -3.64. The maximum absolute atomic E-state index is 12.5. The molecular formula is C13H20N2O4S. The summed E-state index contributed by atoms with van der Waals surface area (Å²) >= 11 is 0. The zero-order valence-electron chi connectivity index (χ0n) is 11.9. The van der Waals surface area contributed by atoms with Gasteiger partial charge in [0.15, 0.2) is 0 Å². The first-order chi connectivity index (χ1) is 9.28. The van der Waals surface area contributed by atoms with Crippen LogP contribution in [0.1, 0.15) is 37.2 Å². The molecule has 6 nitrogen and oxygen atoms in total. The van der Waals surface area contributed by atoms with E-state index in [-0.39, 0.29) is 16.6 Å². The normalized spacial score (nSPS) is 17.4. The fraction of sp³-hybridized carbons (Fsp3) is 0.615. The lowest BCUT2D eigenvalue weighted by atomic mass is 10.2. The number of carboxylic acid groups (broad SMARTS) is 1. The van der Waals surface area contributed by atoms with Gasteiger partial charge in [-0.1, -0.05) is 0 Å². The molecule has 0 aliphatic heterocycles. The SMILES string of the molecule is CCn1cc(S(=O)(=O)N(C)C(C)C2CC2)cc1C(=O)O.